The fourth-order valence-electron chi connectivity index (χ4n) is 3.45. The number of carbonyl (C=O) groups is 2. The minimum absolute atomic E-state index is 0.0413. The molecule has 1 heterocycles. The van der Waals surface area contributed by atoms with Gasteiger partial charge in [-0.3, -0.25) is 0 Å². The zero-order chi connectivity index (χ0) is 31.2. The van der Waals surface area contributed by atoms with Gasteiger partial charge in [-0.1, -0.05) is 20.8 Å². The number of nitrogens with two attached hydrogens (primary N) is 1. The van der Waals surface area contributed by atoms with E-state index < -0.39 is 37.7 Å². The van der Waals surface area contributed by atoms with E-state index in [4.69, 9.17) is 24.4 Å². The Morgan fingerprint density at radius 3 is 2.10 bits per heavy atom. The average Bonchev–Trinajstić information content (AvgIpc) is 3.17. The summed E-state index contributed by atoms with van der Waals surface area (Å²) in [4.78, 5) is 29.3. The second kappa shape index (κ2) is 13.3. The molecule has 1 atom stereocenters. The second-order valence-electron chi connectivity index (χ2n) is 13.7. The van der Waals surface area contributed by atoms with Crippen molar-refractivity contribution >= 4 is 26.3 Å². The molecule has 0 aliphatic carbocycles. The molecule has 0 saturated carbocycles. The summed E-state index contributed by atoms with van der Waals surface area (Å²) in [6, 6.07) is 7.44. The molecule has 1 aromatic heterocycles. The number of imidazole rings is 1. The topological polar surface area (TPSA) is 127 Å². The third kappa shape index (κ3) is 11.4. The smallest absolute Gasteiger partial charge is 0.407 e. The van der Waals surface area contributed by atoms with E-state index in [2.05, 4.69) is 44.2 Å². The molecule has 3 N–H and O–H groups in total. The Bertz CT molecular complexity index is 1160. The van der Waals surface area contributed by atoms with Crippen molar-refractivity contribution in [2.45, 2.75) is 111 Å². The molecular weight excluding hydrogens is 540 g/mol. The first-order valence-corrected chi connectivity index (χ1v) is 17.0. The monoisotopic (exact) mass is 590 g/mol. The van der Waals surface area contributed by atoms with E-state index in [1.54, 1.807) is 0 Å². The summed E-state index contributed by atoms with van der Waals surface area (Å²) in [6.07, 6.45) is 1.27. The van der Waals surface area contributed by atoms with Gasteiger partial charge >= 0.3 is 12.1 Å². The lowest BCUT2D eigenvalue weighted by molar-refractivity contribution is -0.165. The predicted molar refractivity (Wildman–Crippen MR) is 164 cm³/mol. The number of aryl methyl sites for hydroxylation is 1. The lowest BCUT2D eigenvalue weighted by Gasteiger charge is -2.39. The van der Waals surface area contributed by atoms with Crippen LogP contribution in [0.3, 0.4) is 0 Å². The van der Waals surface area contributed by atoms with E-state index in [-0.39, 0.29) is 11.6 Å². The zero-order valence-corrected chi connectivity index (χ0v) is 27.7. The third-order valence-electron chi connectivity index (χ3n) is 6.52. The van der Waals surface area contributed by atoms with E-state index in [0.717, 1.165) is 11.3 Å². The van der Waals surface area contributed by atoms with Crippen LogP contribution in [0.2, 0.25) is 18.1 Å². The molecule has 1 unspecified atom stereocenters. The number of ether oxygens (including phenoxy) is 3. The summed E-state index contributed by atoms with van der Waals surface area (Å²) in [6.45, 7) is 22.6. The maximum absolute atomic E-state index is 13.0. The van der Waals surface area contributed by atoms with Crippen molar-refractivity contribution < 1.29 is 28.2 Å². The van der Waals surface area contributed by atoms with Crippen LogP contribution in [-0.2, 0) is 25.2 Å². The fraction of sp³-hybridized carbons (Fsp3) is 0.633. The van der Waals surface area contributed by atoms with Crippen molar-refractivity contribution in [3.8, 4) is 17.0 Å². The molecule has 0 aliphatic heterocycles. The summed E-state index contributed by atoms with van der Waals surface area (Å²) >= 11 is 0. The number of hydrogen-bond acceptors (Lipinski definition) is 8. The number of benzene rings is 1. The van der Waals surface area contributed by atoms with E-state index in [1.165, 1.54) is 0 Å². The number of anilines is 1. The molecule has 10 nitrogen and oxygen atoms in total. The summed E-state index contributed by atoms with van der Waals surface area (Å²) in [7, 11) is -2.26. The Balaban J connectivity index is 2.01. The van der Waals surface area contributed by atoms with Crippen LogP contribution in [0, 0.1) is 0 Å². The highest BCUT2D eigenvalue weighted by atomic mass is 28.4. The SMILES string of the molecule is CC(C)(C)OC(=O)NCCCn1cc(-c2ccc(OCC(O[Si](C)(C)C(C)(C)C)C(=O)OC(C)(C)C)cc2)nc1N. The molecule has 1 aromatic carbocycles. The van der Waals surface area contributed by atoms with Crippen LogP contribution < -0.4 is 15.8 Å². The predicted octanol–water partition coefficient (Wildman–Crippen LogP) is 6.16. The molecule has 0 radical (unpaired) electrons. The summed E-state index contributed by atoms with van der Waals surface area (Å²) in [5.74, 6) is 0.559. The molecule has 230 valence electrons. The molecule has 1 amide bonds. The minimum atomic E-state index is -2.26. The Hall–Kier alpha value is -3.05. The van der Waals surface area contributed by atoms with Gasteiger partial charge in [0.1, 0.15) is 23.6 Å². The summed E-state index contributed by atoms with van der Waals surface area (Å²) in [5, 5.41) is 2.67. The van der Waals surface area contributed by atoms with Crippen LogP contribution in [0.5, 0.6) is 5.75 Å². The molecule has 2 aromatic rings. The maximum atomic E-state index is 13.0. The van der Waals surface area contributed by atoms with Crippen LogP contribution in [-0.4, -0.2) is 60.4 Å². The van der Waals surface area contributed by atoms with E-state index in [1.807, 2.05) is 76.6 Å². The molecule has 0 spiro atoms. The summed E-state index contributed by atoms with van der Waals surface area (Å²) < 4.78 is 25.1. The van der Waals surface area contributed by atoms with Crippen LogP contribution in [0.25, 0.3) is 11.3 Å². The third-order valence-corrected chi connectivity index (χ3v) is 11.0. The highest BCUT2D eigenvalue weighted by molar-refractivity contribution is 6.74. The molecule has 0 bridgehead atoms. The van der Waals surface area contributed by atoms with Crippen molar-refractivity contribution in [1.29, 1.82) is 0 Å². The number of rotatable bonds is 11. The lowest BCUT2D eigenvalue weighted by atomic mass is 10.1. The quantitative estimate of drug-likeness (QED) is 0.181. The van der Waals surface area contributed by atoms with Gasteiger partial charge in [-0.2, -0.15) is 0 Å². The molecule has 11 heteroatoms. The molecule has 2 rings (SSSR count). The Morgan fingerprint density at radius 2 is 1.56 bits per heavy atom. The van der Waals surface area contributed by atoms with Crippen molar-refractivity contribution in [3.63, 3.8) is 0 Å². The van der Waals surface area contributed by atoms with Crippen molar-refractivity contribution in [2.24, 2.45) is 0 Å². The van der Waals surface area contributed by atoms with Crippen LogP contribution in [0.15, 0.2) is 30.5 Å². The number of hydrogen-bond donors (Lipinski definition) is 2. The van der Waals surface area contributed by atoms with E-state index in [0.29, 0.717) is 31.2 Å². The summed E-state index contributed by atoms with van der Waals surface area (Å²) in [5.41, 5.74) is 6.56. The van der Waals surface area contributed by atoms with Crippen molar-refractivity contribution in [2.75, 3.05) is 18.9 Å². The number of amides is 1. The first-order valence-electron chi connectivity index (χ1n) is 14.1. The van der Waals surface area contributed by atoms with Gasteiger partial charge < -0.3 is 34.3 Å². The van der Waals surface area contributed by atoms with Gasteiger partial charge in [0.05, 0.1) is 5.69 Å². The zero-order valence-electron chi connectivity index (χ0n) is 26.7. The maximum Gasteiger partial charge on any atom is 0.407 e. The largest absolute Gasteiger partial charge is 0.490 e. The van der Waals surface area contributed by atoms with Crippen LogP contribution in [0.4, 0.5) is 10.7 Å². The average molecular weight is 591 g/mol. The Kier molecular flexibility index (Phi) is 11.1. The van der Waals surface area contributed by atoms with E-state index >= 15 is 0 Å². The second-order valence-corrected chi connectivity index (χ2v) is 18.5. The highest BCUT2D eigenvalue weighted by Gasteiger charge is 2.42. The Labute approximate surface area is 246 Å². The van der Waals surface area contributed by atoms with Crippen molar-refractivity contribution in [1.82, 2.24) is 14.9 Å². The highest BCUT2D eigenvalue weighted by Crippen LogP contribution is 2.37. The van der Waals surface area contributed by atoms with Gasteiger partial charge in [-0.15, -0.1) is 0 Å². The van der Waals surface area contributed by atoms with Crippen LogP contribution in [0.1, 0.15) is 68.7 Å². The van der Waals surface area contributed by atoms with Gasteiger partial charge in [-0.05, 0) is 90.4 Å². The van der Waals surface area contributed by atoms with Gasteiger partial charge in [0.2, 0.25) is 5.95 Å². The first kappa shape index (κ1) is 34.1. The molecule has 0 saturated heterocycles. The number of nitrogens with one attached hydrogen (secondary N) is 1. The number of nitrogen functional groups attached to an aromatic ring is 1. The molecule has 0 aliphatic rings. The number of carbonyl (C=O) groups excluding carboxylic acids is 2. The lowest BCUT2D eigenvalue weighted by Crippen LogP contribution is -2.49. The molecule has 41 heavy (non-hydrogen) atoms. The normalized spacial score (nSPS) is 13.4. The van der Waals surface area contributed by atoms with Crippen LogP contribution >= 0.6 is 0 Å². The van der Waals surface area contributed by atoms with Gasteiger partial charge in [-0.25, -0.2) is 14.6 Å². The fourth-order valence-corrected chi connectivity index (χ4v) is 4.68. The number of esters is 1. The number of nitrogens with zero attached hydrogens (tertiary/aromatic N) is 2. The van der Waals surface area contributed by atoms with Gasteiger partial charge in [0.25, 0.3) is 0 Å². The standard InChI is InChI=1S/C30H50N4O6Si/c1-28(2,3)38-25(35)24(40-41(10,11)30(7,8)9)20-37-22-15-13-21(14-16-22)23-19-34(26(31)33-23)18-12-17-32-27(36)39-29(4,5)6/h13-16,19,24H,12,17-18,20H2,1-11H3,(H2,31,33)(H,32,36). The minimum Gasteiger partial charge on any atom is -0.490 e. The van der Waals surface area contributed by atoms with Crippen molar-refractivity contribution in [3.05, 3.63) is 30.5 Å². The molecule has 0 fully saturated rings. The van der Waals surface area contributed by atoms with Gasteiger partial charge in [0.15, 0.2) is 14.4 Å². The first-order chi connectivity index (χ1) is 18.7. The number of alkyl carbamates (subject to hydrolysis) is 1. The Morgan fingerprint density at radius 1 is 0.976 bits per heavy atom. The number of aromatic nitrogens is 2. The van der Waals surface area contributed by atoms with Gasteiger partial charge in [0, 0.05) is 24.8 Å². The molecular formula is C30H50N4O6Si. The van der Waals surface area contributed by atoms with E-state index in [9.17, 15) is 9.59 Å².